The summed E-state index contributed by atoms with van der Waals surface area (Å²) in [6.07, 6.45) is 0. The number of hydrogen-bond acceptors (Lipinski definition) is 3. The Bertz CT molecular complexity index is 607. The van der Waals surface area contributed by atoms with E-state index in [0.717, 1.165) is 10.4 Å². The molecule has 2 rings (SSSR count). The largest absolute Gasteiger partial charge is 0.279 e. The molecule has 2 amide bonds. The minimum atomic E-state index is -0.381. The van der Waals surface area contributed by atoms with Gasteiger partial charge in [0.05, 0.1) is 4.88 Å². The van der Waals surface area contributed by atoms with Crippen LogP contribution in [0.15, 0.2) is 36.4 Å². The Balaban J connectivity index is 2.12. The van der Waals surface area contributed by atoms with Crippen LogP contribution in [0.5, 0.6) is 0 Å². The van der Waals surface area contributed by atoms with Crippen molar-refractivity contribution in [2.24, 2.45) is 0 Å². The molecule has 1 heterocycles. The molecule has 0 saturated carbocycles. The molecule has 4 nitrogen and oxygen atoms in total. The highest BCUT2D eigenvalue weighted by atomic mass is 32.1. The van der Waals surface area contributed by atoms with Crippen LogP contribution in [0.2, 0.25) is 0 Å². The number of carbonyl (C=O) groups is 2. The molecule has 1 aromatic heterocycles. The van der Waals surface area contributed by atoms with Gasteiger partial charge in [-0.25, -0.2) is 4.39 Å². The molecule has 98 valence electrons. The minimum Gasteiger partial charge on any atom is -0.274 e. The minimum absolute atomic E-state index is 0.302. The van der Waals surface area contributed by atoms with E-state index >= 15 is 0 Å². The molecular formula is C13H11FN2O2S. The van der Waals surface area contributed by atoms with Gasteiger partial charge in [-0.3, -0.25) is 20.4 Å². The normalized spacial score (nSPS) is 10.0. The monoisotopic (exact) mass is 278 g/mol. The van der Waals surface area contributed by atoms with Gasteiger partial charge >= 0.3 is 0 Å². The summed E-state index contributed by atoms with van der Waals surface area (Å²) in [6, 6.07) is 9.46. The molecule has 2 aromatic rings. The molecule has 6 heteroatoms. The predicted molar refractivity (Wildman–Crippen MR) is 71.0 cm³/mol. The maximum atomic E-state index is 12.8. The molecule has 0 saturated heterocycles. The Morgan fingerprint density at radius 1 is 1.05 bits per heavy atom. The Hall–Kier alpha value is -2.21. The number of hydrogen-bond donors (Lipinski definition) is 2. The van der Waals surface area contributed by atoms with Gasteiger partial charge in [0.2, 0.25) is 5.91 Å². The van der Waals surface area contributed by atoms with Gasteiger partial charge in [0, 0.05) is 11.8 Å². The number of carbonyl (C=O) groups excluding carboxylic acids is 2. The zero-order chi connectivity index (χ0) is 13.8. The van der Waals surface area contributed by atoms with Gasteiger partial charge in [-0.05, 0) is 29.8 Å². The van der Waals surface area contributed by atoms with Crippen molar-refractivity contribution in [1.29, 1.82) is 0 Å². The predicted octanol–water partition coefficient (Wildman–Crippen LogP) is 2.34. The van der Waals surface area contributed by atoms with E-state index in [1.54, 1.807) is 24.3 Å². The van der Waals surface area contributed by atoms with Crippen LogP contribution in [0.4, 0.5) is 4.39 Å². The molecule has 0 aliphatic heterocycles. The topological polar surface area (TPSA) is 58.2 Å². The van der Waals surface area contributed by atoms with Crippen molar-refractivity contribution in [3.05, 3.63) is 47.1 Å². The van der Waals surface area contributed by atoms with Crippen LogP contribution >= 0.6 is 11.3 Å². The highest BCUT2D eigenvalue weighted by Crippen LogP contribution is 2.28. The van der Waals surface area contributed by atoms with Crippen molar-refractivity contribution in [2.75, 3.05) is 0 Å². The summed E-state index contributed by atoms with van der Waals surface area (Å²) in [4.78, 5) is 23.7. The maximum Gasteiger partial charge on any atom is 0.279 e. The standard InChI is InChI=1S/C13H11FN2O2S/c1-8(17)15-16-13(18)12-7-6-11(19-12)9-2-4-10(14)5-3-9/h2-7H,1H3,(H,15,17)(H,16,18). The van der Waals surface area contributed by atoms with E-state index in [9.17, 15) is 14.0 Å². The zero-order valence-electron chi connectivity index (χ0n) is 10.1. The summed E-state index contributed by atoms with van der Waals surface area (Å²) in [5.41, 5.74) is 5.34. The molecule has 0 atom stereocenters. The van der Waals surface area contributed by atoms with Crippen molar-refractivity contribution in [3.63, 3.8) is 0 Å². The number of nitrogens with one attached hydrogen (secondary N) is 2. The molecule has 0 aliphatic rings. The van der Waals surface area contributed by atoms with Gasteiger partial charge < -0.3 is 0 Å². The third kappa shape index (κ3) is 3.38. The molecule has 19 heavy (non-hydrogen) atoms. The Labute approximate surface area is 113 Å². The number of hydrazine groups is 1. The number of benzene rings is 1. The van der Waals surface area contributed by atoms with Gasteiger partial charge in [0.15, 0.2) is 0 Å². The van der Waals surface area contributed by atoms with E-state index in [-0.39, 0.29) is 17.6 Å². The third-order valence-electron chi connectivity index (χ3n) is 2.31. The van der Waals surface area contributed by atoms with Gasteiger partial charge in [0.1, 0.15) is 5.82 Å². The van der Waals surface area contributed by atoms with Gasteiger partial charge in [-0.15, -0.1) is 11.3 Å². The number of halogens is 1. The second-order valence-corrected chi connectivity index (χ2v) is 4.89. The summed E-state index contributed by atoms with van der Waals surface area (Å²) in [7, 11) is 0. The smallest absolute Gasteiger partial charge is 0.274 e. The van der Waals surface area contributed by atoms with Crippen molar-refractivity contribution >= 4 is 23.2 Å². The lowest BCUT2D eigenvalue weighted by Gasteiger charge is -2.02. The first-order valence-electron chi connectivity index (χ1n) is 5.49. The fourth-order valence-electron chi connectivity index (χ4n) is 1.44. The SMILES string of the molecule is CC(=O)NNC(=O)c1ccc(-c2ccc(F)cc2)s1. The van der Waals surface area contributed by atoms with Crippen LogP contribution in [0, 0.1) is 5.82 Å². The third-order valence-corrected chi connectivity index (χ3v) is 3.44. The van der Waals surface area contributed by atoms with Gasteiger partial charge in [0.25, 0.3) is 5.91 Å². The summed E-state index contributed by atoms with van der Waals surface area (Å²) in [5.74, 6) is -1.03. The Morgan fingerprint density at radius 2 is 1.74 bits per heavy atom. The zero-order valence-corrected chi connectivity index (χ0v) is 10.9. The van der Waals surface area contributed by atoms with Crippen molar-refractivity contribution in [3.8, 4) is 10.4 Å². The van der Waals surface area contributed by atoms with Crippen LogP contribution in [-0.2, 0) is 4.79 Å². The second kappa shape index (κ2) is 5.62. The van der Waals surface area contributed by atoms with E-state index < -0.39 is 0 Å². The first-order chi connectivity index (χ1) is 9.06. The Morgan fingerprint density at radius 3 is 2.37 bits per heavy atom. The molecule has 0 radical (unpaired) electrons. The van der Waals surface area contributed by atoms with Crippen molar-refractivity contribution < 1.29 is 14.0 Å². The molecule has 0 fully saturated rings. The highest BCUT2D eigenvalue weighted by Gasteiger charge is 2.10. The lowest BCUT2D eigenvalue weighted by Crippen LogP contribution is -2.39. The van der Waals surface area contributed by atoms with Crippen molar-refractivity contribution in [1.82, 2.24) is 10.9 Å². The lowest BCUT2D eigenvalue weighted by atomic mass is 10.2. The van der Waals surface area contributed by atoms with E-state index in [1.807, 2.05) is 0 Å². The summed E-state index contributed by atoms with van der Waals surface area (Å²) >= 11 is 1.27. The Kier molecular flexibility index (Phi) is 3.91. The molecule has 0 spiro atoms. The summed E-state index contributed by atoms with van der Waals surface area (Å²) < 4.78 is 12.8. The van der Waals surface area contributed by atoms with Crippen LogP contribution in [0.1, 0.15) is 16.6 Å². The molecule has 0 bridgehead atoms. The summed E-state index contributed by atoms with van der Waals surface area (Å²) in [5, 5.41) is 0. The quantitative estimate of drug-likeness (QED) is 0.828. The average Bonchev–Trinajstić information content (AvgIpc) is 2.86. The van der Waals surface area contributed by atoms with Gasteiger partial charge in [-0.2, -0.15) is 0 Å². The van der Waals surface area contributed by atoms with E-state index in [2.05, 4.69) is 10.9 Å². The molecule has 0 unspecified atom stereocenters. The number of rotatable bonds is 2. The fraction of sp³-hybridized carbons (Fsp3) is 0.0769. The van der Waals surface area contributed by atoms with Crippen LogP contribution < -0.4 is 10.9 Å². The van der Waals surface area contributed by atoms with E-state index in [0.29, 0.717) is 4.88 Å². The molecule has 0 aliphatic carbocycles. The van der Waals surface area contributed by atoms with Crippen LogP contribution in [-0.4, -0.2) is 11.8 Å². The molecular weight excluding hydrogens is 267 g/mol. The number of thiophene rings is 1. The van der Waals surface area contributed by atoms with E-state index in [4.69, 9.17) is 0 Å². The second-order valence-electron chi connectivity index (χ2n) is 3.81. The highest BCUT2D eigenvalue weighted by molar-refractivity contribution is 7.17. The van der Waals surface area contributed by atoms with Crippen LogP contribution in [0.3, 0.4) is 0 Å². The first-order valence-corrected chi connectivity index (χ1v) is 6.30. The molecule has 2 N–H and O–H groups in total. The molecule has 1 aromatic carbocycles. The summed E-state index contributed by atoms with van der Waals surface area (Å²) in [6.45, 7) is 1.30. The fourth-order valence-corrected chi connectivity index (χ4v) is 2.34. The van der Waals surface area contributed by atoms with E-state index in [1.165, 1.54) is 30.4 Å². The maximum absolute atomic E-state index is 12.8. The van der Waals surface area contributed by atoms with Crippen molar-refractivity contribution in [2.45, 2.75) is 6.92 Å². The first kappa shape index (κ1) is 13.2. The number of amides is 2. The van der Waals surface area contributed by atoms with Gasteiger partial charge in [-0.1, -0.05) is 12.1 Å². The van der Waals surface area contributed by atoms with Crippen LogP contribution in [0.25, 0.3) is 10.4 Å². The lowest BCUT2D eigenvalue weighted by molar-refractivity contribution is -0.119. The average molecular weight is 278 g/mol.